The first kappa shape index (κ1) is 8.14. The zero-order valence-electron chi connectivity index (χ0n) is 7.25. The van der Waals surface area contributed by atoms with Crippen LogP contribution in [-0.2, 0) is 13.0 Å². The Kier molecular flexibility index (Phi) is 2.11. The molecule has 1 heterocycles. The van der Waals surface area contributed by atoms with E-state index in [-0.39, 0.29) is 0 Å². The number of benzene rings is 1. The Morgan fingerprint density at radius 1 is 1.33 bits per heavy atom. The van der Waals surface area contributed by atoms with E-state index < -0.39 is 0 Å². The molecule has 2 rings (SSSR count). The van der Waals surface area contributed by atoms with Crippen LogP contribution in [0, 0.1) is 0 Å². The average Bonchev–Trinajstić information content (AvgIpc) is 2.05. The molecule has 0 aliphatic carbocycles. The summed E-state index contributed by atoms with van der Waals surface area (Å²) in [5.41, 5.74) is 2.93. The standard InChI is InChI=1S/C10H13NS/c1-11-5-4-8-6-10(12)3-2-9(8)7-11/h2-3,6,12H,4-5,7H2,1H3. The van der Waals surface area contributed by atoms with Crippen LogP contribution in [0.1, 0.15) is 11.1 Å². The van der Waals surface area contributed by atoms with Crippen LogP contribution in [0.4, 0.5) is 0 Å². The summed E-state index contributed by atoms with van der Waals surface area (Å²) in [4.78, 5) is 3.43. The highest BCUT2D eigenvalue weighted by atomic mass is 32.1. The second kappa shape index (κ2) is 3.11. The summed E-state index contributed by atoms with van der Waals surface area (Å²) in [6, 6.07) is 6.44. The molecule has 1 aromatic carbocycles. The molecule has 0 amide bonds. The van der Waals surface area contributed by atoms with Gasteiger partial charge in [0.05, 0.1) is 0 Å². The molecule has 2 heteroatoms. The smallest absolute Gasteiger partial charge is 0.0233 e. The van der Waals surface area contributed by atoms with Gasteiger partial charge in [0.15, 0.2) is 0 Å². The van der Waals surface area contributed by atoms with E-state index in [9.17, 15) is 0 Å². The molecule has 1 aliphatic rings. The predicted molar refractivity (Wildman–Crippen MR) is 53.7 cm³/mol. The van der Waals surface area contributed by atoms with Gasteiger partial charge >= 0.3 is 0 Å². The first-order chi connectivity index (χ1) is 5.75. The highest BCUT2D eigenvalue weighted by Crippen LogP contribution is 2.20. The van der Waals surface area contributed by atoms with Crippen LogP contribution >= 0.6 is 12.6 Å². The van der Waals surface area contributed by atoms with Gasteiger partial charge in [0.1, 0.15) is 0 Å². The van der Waals surface area contributed by atoms with Gasteiger partial charge in [-0.25, -0.2) is 0 Å². The van der Waals surface area contributed by atoms with Crippen molar-refractivity contribution in [2.24, 2.45) is 0 Å². The first-order valence-corrected chi connectivity index (χ1v) is 4.70. The van der Waals surface area contributed by atoms with Gasteiger partial charge in [-0.3, -0.25) is 0 Å². The predicted octanol–water partition coefficient (Wildman–Crippen LogP) is 1.96. The van der Waals surface area contributed by atoms with E-state index >= 15 is 0 Å². The van der Waals surface area contributed by atoms with Crippen molar-refractivity contribution < 1.29 is 0 Å². The summed E-state index contributed by atoms with van der Waals surface area (Å²) in [5.74, 6) is 0. The van der Waals surface area contributed by atoms with Crippen LogP contribution in [0.2, 0.25) is 0 Å². The molecule has 0 N–H and O–H groups in total. The van der Waals surface area contributed by atoms with Gasteiger partial charge in [0.25, 0.3) is 0 Å². The van der Waals surface area contributed by atoms with Crippen molar-refractivity contribution in [2.45, 2.75) is 17.9 Å². The Morgan fingerprint density at radius 2 is 2.17 bits per heavy atom. The van der Waals surface area contributed by atoms with E-state index in [0.717, 1.165) is 11.4 Å². The van der Waals surface area contributed by atoms with E-state index in [1.54, 1.807) is 0 Å². The van der Waals surface area contributed by atoms with Crippen molar-refractivity contribution in [2.75, 3.05) is 13.6 Å². The fourth-order valence-electron chi connectivity index (χ4n) is 1.68. The summed E-state index contributed by atoms with van der Waals surface area (Å²) in [7, 11) is 2.16. The Balaban J connectivity index is 2.37. The third-order valence-electron chi connectivity index (χ3n) is 2.39. The molecule has 0 saturated carbocycles. The van der Waals surface area contributed by atoms with Crippen molar-refractivity contribution in [3.63, 3.8) is 0 Å². The number of hydrogen-bond donors (Lipinski definition) is 1. The van der Waals surface area contributed by atoms with E-state index in [1.165, 1.54) is 24.1 Å². The minimum Gasteiger partial charge on any atom is -0.302 e. The van der Waals surface area contributed by atoms with Crippen LogP contribution in [0.15, 0.2) is 23.1 Å². The lowest BCUT2D eigenvalue weighted by atomic mass is 10.0. The topological polar surface area (TPSA) is 3.24 Å². The Hall–Kier alpha value is -0.470. The normalized spacial score (nSPS) is 17.5. The average molecular weight is 179 g/mol. The van der Waals surface area contributed by atoms with Crippen LogP contribution < -0.4 is 0 Å². The molecule has 64 valence electrons. The molecule has 1 aromatic rings. The van der Waals surface area contributed by atoms with E-state index in [4.69, 9.17) is 0 Å². The van der Waals surface area contributed by atoms with Gasteiger partial charge < -0.3 is 4.90 Å². The molecule has 0 bridgehead atoms. The summed E-state index contributed by atoms with van der Waals surface area (Å²) in [6.45, 7) is 2.26. The van der Waals surface area contributed by atoms with Crippen molar-refractivity contribution in [3.8, 4) is 0 Å². The van der Waals surface area contributed by atoms with Gasteiger partial charge in [-0.15, -0.1) is 12.6 Å². The minimum absolute atomic E-state index is 1.08. The molecule has 0 fully saturated rings. The molecule has 1 nitrogen and oxygen atoms in total. The molecule has 0 atom stereocenters. The minimum atomic E-state index is 1.08. The number of fused-ring (bicyclic) bond motifs is 1. The SMILES string of the molecule is CN1CCc2cc(S)ccc2C1. The second-order valence-electron chi connectivity index (χ2n) is 3.44. The summed E-state index contributed by atoms with van der Waals surface area (Å²) < 4.78 is 0. The lowest BCUT2D eigenvalue weighted by Gasteiger charge is -2.24. The van der Waals surface area contributed by atoms with E-state index in [0.29, 0.717) is 0 Å². The van der Waals surface area contributed by atoms with Crippen LogP contribution in [0.25, 0.3) is 0 Å². The highest BCUT2D eigenvalue weighted by Gasteiger charge is 2.11. The molecule has 12 heavy (non-hydrogen) atoms. The lowest BCUT2D eigenvalue weighted by Crippen LogP contribution is -2.26. The van der Waals surface area contributed by atoms with Gasteiger partial charge in [-0.2, -0.15) is 0 Å². The third kappa shape index (κ3) is 1.50. The molecular weight excluding hydrogens is 166 g/mol. The van der Waals surface area contributed by atoms with Crippen molar-refractivity contribution in [3.05, 3.63) is 29.3 Å². The van der Waals surface area contributed by atoms with Crippen LogP contribution in [0.3, 0.4) is 0 Å². The zero-order valence-corrected chi connectivity index (χ0v) is 8.14. The highest BCUT2D eigenvalue weighted by molar-refractivity contribution is 7.80. The number of nitrogens with zero attached hydrogens (tertiary/aromatic N) is 1. The molecule has 0 saturated heterocycles. The first-order valence-electron chi connectivity index (χ1n) is 4.25. The number of thiol groups is 1. The summed E-state index contributed by atoms with van der Waals surface area (Å²) >= 11 is 4.33. The molecule has 0 unspecified atom stereocenters. The Morgan fingerprint density at radius 3 is 3.00 bits per heavy atom. The van der Waals surface area contributed by atoms with Gasteiger partial charge in [0.2, 0.25) is 0 Å². The summed E-state index contributed by atoms with van der Waals surface area (Å²) in [6.07, 6.45) is 1.17. The maximum atomic E-state index is 4.33. The van der Waals surface area contributed by atoms with Crippen molar-refractivity contribution >= 4 is 12.6 Å². The molecule has 0 radical (unpaired) electrons. The quantitative estimate of drug-likeness (QED) is 0.596. The monoisotopic (exact) mass is 179 g/mol. The largest absolute Gasteiger partial charge is 0.302 e. The maximum Gasteiger partial charge on any atom is 0.0233 e. The molecule has 1 aliphatic heterocycles. The Bertz CT molecular complexity index is 296. The zero-order chi connectivity index (χ0) is 8.55. The second-order valence-corrected chi connectivity index (χ2v) is 3.96. The van der Waals surface area contributed by atoms with Gasteiger partial charge in [-0.05, 0) is 36.7 Å². The summed E-state index contributed by atoms with van der Waals surface area (Å²) in [5, 5.41) is 0. The van der Waals surface area contributed by atoms with Crippen molar-refractivity contribution in [1.29, 1.82) is 0 Å². The van der Waals surface area contributed by atoms with Gasteiger partial charge in [0, 0.05) is 18.0 Å². The van der Waals surface area contributed by atoms with E-state index in [1.807, 2.05) is 0 Å². The molecule has 0 spiro atoms. The Labute approximate surface area is 78.8 Å². The number of rotatable bonds is 0. The number of hydrogen-bond acceptors (Lipinski definition) is 2. The number of likely N-dealkylation sites (N-methyl/N-ethyl adjacent to an activating group) is 1. The van der Waals surface area contributed by atoms with Gasteiger partial charge in [-0.1, -0.05) is 6.07 Å². The van der Waals surface area contributed by atoms with Crippen LogP contribution in [0.5, 0.6) is 0 Å². The van der Waals surface area contributed by atoms with E-state index in [2.05, 4.69) is 42.8 Å². The fraction of sp³-hybridized carbons (Fsp3) is 0.400. The van der Waals surface area contributed by atoms with Crippen molar-refractivity contribution in [1.82, 2.24) is 4.90 Å². The third-order valence-corrected chi connectivity index (χ3v) is 2.67. The maximum absolute atomic E-state index is 4.33. The molecular formula is C10H13NS. The lowest BCUT2D eigenvalue weighted by molar-refractivity contribution is 0.312. The van der Waals surface area contributed by atoms with Crippen LogP contribution in [-0.4, -0.2) is 18.5 Å². The molecule has 0 aromatic heterocycles. The fourth-order valence-corrected chi connectivity index (χ4v) is 1.91.